The fraction of sp³-hybridized carbons (Fsp3) is 0.250. The molecule has 4 rings (SSSR count). The highest BCUT2D eigenvalue weighted by atomic mass is 35.5. The molecule has 29 heavy (non-hydrogen) atoms. The van der Waals surface area contributed by atoms with Crippen LogP contribution < -0.4 is 0 Å². The van der Waals surface area contributed by atoms with E-state index in [0.29, 0.717) is 28.4 Å². The monoisotopic (exact) mass is 449 g/mol. The quantitative estimate of drug-likeness (QED) is 0.557. The summed E-state index contributed by atoms with van der Waals surface area (Å²) in [5.74, 6) is 0. The molecule has 2 atom stereocenters. The van der Waals surface area contributed by atoms with Crippen molar-refractivity contribution in [3.05, 3.63) is 79.0 Å². The van der Waals surface area contributed by atoms with Crippen LogP contribution in [0.3, 0.4) is 0 Å². The number of halogens is 2. The number of aromatic nitrogens is 2. The zero-order valence-electron chi connectivity index (χ0n) is 15.3. The van der Waals surface area contributed by atoms with Gasteiger partial charge in [0.25, 0.3) is 0 Å². The summed E-state index contributed by atoms with van der Waals surface area (Å²) in [6, 6.07) is 6.94. The number of amides is 1. The molecule has 1 amide bonds. The molecular weight excluding hydrogens is 433 g/mol. The van der Waals surface area contributed by atoms with Crippen molar-refractivity contribution in [1.29, 1.82) is 0 Å². The van der Waals surface area contributed by atoms with E-state index < -0.39 is 18.2 Å². The lowest BCUT2D eigenvalue weighted by atomic mass is 9.88. The third-order valence-corrected chi connectivity index (χ3v) is 6.78. The number of hydrogen-bond donors (Lipinski definition) is 2. The summed E-state index contributed by atoms with van der Waals surface area (Å²) in [6.45, 7) is 2.30. The molecule has 150 valence electrons. The summed E-state index contributed by atoms with van der Waals surface area (Å²) >= 11 is 13.7. The second kappa shape index (κ2) is 7.91. The highest BCUT2D eigenvalue weighted by Crippen LogP contribution is 2.42. The van der Waals surface area contributed by atoms with Crippen LogP contribution in [0, 0.1) is 6.92 Å². The van der Waals surface area contributed by atoms with Crippen molar-refractivity contribution < 1.29 is 15.0 Å². The molecule has 2 N–H and O–H groups in total. The summed E-state index contributed by atoms with van der Waals surface area (Å²) in [6.07, 6.45) is 1.44. The average molecular weight is 450 g/mol. The zero-order chi connectivity index (χ0) is 20.7. The van der Waals surface area contributed by atoms with Crippen LogP contribution in [0.5, 0.6) is 0 Å². The van der Waals surface area contributed by atoms with Gasteiger partial charge in [-0.25, -0.2) is 14.8 Å². The van der Waals surface area contributed by atoms with Gasteiger partial charge >= 0.3 is 6.09 Å². The van der Waals surface area contributed by atoms with Crippen LogP contribution in [0.25, 0.3) is 0 Å². The Labute approximate surface area is 181 Å². The molecule has 0 saturated carbocycles. The topological polar surface area (TPSA) is 86.6 Å². The van der Waals surface area contributed by atoms with E-state index in [-0.39, 0.29) is 5.15 Å². The molecule has 2 unspecified atom stereocenters. The first kappa shape index (κ1) is 20.1. The van der Waals surface area contributed by atoms with E-state index in [1.165, 1.54) is 28.8 Å². The van der Waals surface area contributed by atoms with Crippen LogP contribution in [-0.4, -0.2) is 37.7 Å². The van der Waals surface area contributed by atoms with Gasteiger partial charge < -0.3 is 10.2 Å². The van der Waals surface area contributed by atoms with E-state index >= 15 is 0 Å². The molecule has 0 spiro atoms. The highest BCUT2D eigenvalue weighted by molar-refractivity contribution is 7.12. The molecule has 9 heteroatoms. The van der Waals surface area contributed by atoms with Crippen molar-refractivity contribution in [2.75, 3.05) is 6.54 Å². The van der Waals surface area contributed by atoms with E-state index in [2.05, 4.69) is 9.97 Å². The fourth-order valence-corrected chi connectivity index (χ4v) is 5.16. The molecule has 1 aliphatic heterocycles. The van der Waals surface area contributed by atoms with E-state index in [9.17, 15) is 15.0 Å². The van der Waals surface area contributed by atoms with Gasteiger partial charge in [-0.1, -0.05) is 29.3 Å². The van der Waals surface area contributed by atoms with E-state index in [1.54, 1.807) is 0 Å². The minimum atomic E-state index is -0.998. The van der Waals surface area contributed by atoms with Gasteiger partial charge in [0.2, 0.25) is 0 Å². The number of aliphatic hydroxyl groups is 1. The van der Waals surface area contributed by atoms with Crippen LogP contribution in [0.2, 0.25) is 10.2 Å². The van der Waals surface area contributed by atoms with Crippen LogP contribution >= 0.6 is 34.5 Å². The molecule has 0 fully saturated rings. The largest absolute Gasteiger partial charge is 0.465 e. The van der Waals surface area contributed by atoms with Gasteiger partial charge in [0.1, 0.15) is 17.6 Å². The Bertz CT molecular complexity index is 1090. The molecule has 3 aromatic rings. The van der Waals surface area contributed by atoms with Crippen LogP contribution in [0.15, 0.2) is 36.8 Å². The van der Waals surface area contributed by atoms with Crippen molar-refractivity contribution in [3.8, 4) is 0 Å². The highest BCUT2D eigenvalue weighted by Gasteiger charge is 2.34. The van der Waals surface area contributed by atoms with Gasteiger partial charge in [-0.3, -0.25) is 4.90 Å². The second-order valence-corrected chi connectivity index (χ2v) is 8.89. The number of thiophene rings is 1. The Kier molecular flexibility index (Phi) is 5.48. The maximum Gasteiger partial charge on any atom is 0.408 e. The fourth-order valence-electron chi connectivity index (χ4n) is 3.72. The molecule has 0 radical (unpaired) electrons. The molecular formula is C20H17Cl2N3O3S. The van der Waals surface area contributed by atoms with Crippen molar-refractivity contribution in [1.82, 2.24) is 14.9 Å². The lowest BCUT2D eigenvalue weighted by molar-refractivity contribution is 0.129. The molecule has 2 aromatic heterocycles. The Hall–Kier alpha value is -2.19. The van der Waals surface area contributed by atoms with Gasteiger partial charge in [0.15, 0.2) is 0 Å². The molecule has 1 aliphatic rings. The zero-order valence-corrected chi connectivity index (χ0v) is 17.7. The third-order valence-electron chi connectivity index (χ3n) is 5.11. The van der Waals surface area contributed by atoms with E-state index in [1.807, 2.05) is 31.2 Å². The number of nitrogens with zero attached hydrogens (tertiary/aromatic N) is 3. The predicted octanol–water partition coefficient (Wildman–Crippen LogP) is 4.86. The first-order chi connectivity index (χ1) is 13.9. The van der Waals surface area contributed by atoms with Crippen molar-refractivity contribution in [2.45, 2.75) is 25.5 Å². The lowest BCUT2D eigenvalue weighted by Crippen LogP contribution is -2.39. The third kappa shape index (κ3) is 3.71. The van der Waals surface area contributed by atoms with Crippen molar-refractivity contribution >= 4 is 40.6 Å². The van der Waals surface area contributed by atoms with Gasteiger partial charge in [-0.2, -0.15) is 0 Å². The van der Waals surface area contributed by atoms with E-state index in [4.69, 9.17) is 23.2 Å². The summed E-state index contributed by atoms with van der Waals surface area (Å²) in [7, 11) is 0. The second-order valence-electron chi connectivity index (χ2n) is 6.80. The number of aryl methyl sites for hydroxylation is 1. The minimum absolute atomic E-state index is 0.182. The number of carbonyl (C=O) groups is 1. The first-order valence-corrected chi connectivity index (χ1v) is 10.5. The molecule has 1 aromatic carbocycles. The Balaban J connectivity index is 1.81. The average Bonchev–Trinajstić information content (AvgIpc) is 3.08. The maximum absolute atomic E-state index is 12.0. The summed E-state index contributed by atoms with van der Waals surface area (Å²) in [4.78, 5) is 22.8. The first-order valence-electron chi connectivity index (χ1n) is 8.88. The van der Waals surface area contributed by atoms with Crippen molar-refractivity contribution in [2.24, 2.45) is 0 Å². The maximum atomic E-state index is 12.0. The number of rotatable bonds is 3. The van der Waals surface area contributed by atoms with Gasteiger partial charge in [0, 0.05) is 33.1 Å². The molecule has 3 heterocycles. The predicted molar refractivity (Wildman–Crippen MR) is 112 cm³/mol. The van der Waals surface area contributed by atoms with Crippen LogP contribution in [0.1, 0.15) is 44.2 Å². The molecule has 0 saturated heterocycles. The molecule has 0 aliphatic carbocycles. The number of fused-ring (bicyclic) bond motifs is 1. The number of carboxylic acid groups (broad SMARTS) is 1. The summed E-state index contributed by atoms with van der Waals surface area (Å²) < 4.78 is 0. The lowest BCUT2D eigenvalue weighted by Gasteiger charge is -2.35. The van der Waals surface area contributed by atoms with Crippen LogP contribution in [-0.2, 0) is 6.42 Å². The number of aliphatic hydroxyl groups excluding tert-OH is 1. The summed E-state index contributed by atoms with van der Waals surface area (Å²) in [5, 5.41) is 21.4. The Morgan fingerprint density at radius 2 is 2.10 bits per heavy atom. The molecule has 0 bridgehead atoms. The number of hydrogen-bond acceptors (Lipinski definition) is 5. The Morgan fingerprint density at radius 1 is 1.31 bits per heavy atom. The minimum Gasteiger partial charge on any atom is -0.465 e. The van der Waals surface area contributed by atoms with Gasteiger partial charge in [-0.05, 0) is 48.2 Å². The SMILES string of the molecule is Cc1sc(C(O)c2cncnc2Cl)cc1C1c2cc(Cl)ccc2CCN1C(=O)O. The Morgan fingerprint density at radius 3 is 2.83 bits per heavy atom. The van der Waals surface area contributed by atoms with E-state index in [0.717, 1.165) is 21.6 Å². The smallest absolute Gasteiger partial charge is 0.408 e. The van der Waals surface area contributed by atoms with Gasteiger partial charge in [0.05, 0.1) is 6.04 Å². The molecule has 6 nitrogen and oxygen atoms in total. The normalized spacial score (nSPS) is 17.1. The number of benzene rings is 1. The van der Waals surface area contributed by atoms with Crippen molar-refractivity contribution in [3.63, 3.8) is 0 Å². The van der Waals surface area contributed by atoms with Gasteiger partial charge in [-0.15, -0.1) is 11.3 Å². The standard InChI is InChI=1S/C20H17Cl2N3O3S/c1-10-13(7-16(29-10)18(26)15-8-23-9-24-19(15)22)17-14-6-12(21)3-2-11(14)4-5-25(17)20(27)28/h2-3,6-9,17-18,26H,4-5H2,1H3,(H,27,28). The summed E-state index contributed by atoms with van der Waals surface area (Å²) in [5.41, 5.74) is 3.17. The van der Waals surface area contributed by atoms with Crippen LogP contribution in [0.4, 0.5) is 4.79 Å².